The van der Waals surface area contributed by atoms with Crippen molar-refractivity contribution in [1.29, 1.82) is 0 Å². The standard InChI is InChI=1S/C9H8F3NO3/c10-9(11,12)7(16)13-8(3-1-4-8)5-2-6(14)15/h1,3-4H2,(H,13,16)(H,14,15). The average Bonchev–Trinajstić information content (AvgIpc) is 2.07. The van der Waals surface area contributed by atoms with Gasteiger partial charge in [-0.05, 0) is 19.3 Å². The van der Waals surface area contributed by atoms with Crippen molar-refractivity contribution in [2.45, 2.75) is 31.0 Å². The topological polar surface area (TPSA) is 66.4 Å². The number of rotatable bonds is 1. The van der Waals surface area contributed by atoms with Gasteiger partial charge in [0.2, 0.25) is 0 Å². The minimum absolute atomic E-state index is 0.231. The Balaban J connectivity index is 2.74. The van der Waals surface area contributed by atoms with E-state index in [0.717, 1.165) is 0 Å². The number of hydrogen-bond acceptors (Lipinski definition) is 2. The molecule has 0 aromatic rings. The Bertz CT molecular complexity index is 374. The van der Waals surface area contributed by atoms with Gasteiger partial charge in [0.1, 0.15) is 5.54 Å². The highest BCUT2D eigenvalue weighted by Crippen LogP contribution is 2.32. The summed E-state index contributed by atoms with van der Waals surface area (Å²) in [4.78, 5) is 20.8. The highest BCUT2D eigenvalue weighted by Gasteiger charge is 2.45. The molecule has 1 saturated carbocycles. The maximum atomic E-state index is 12.0. The van der Waals surface area contributed by atoms with E-state index in [1.165, 1.54) is 0 Å². The lowest BCUT2D eigenvalue weighted by Crippen LogP contribution is -2.56. The van der Waals surface area contributed by atoms with Crippen molar-refractivity contribution < 1.29 is 27.9 Å². The van der Waals surface area contributed by atoms with E-state index in [1.54, 1.807) is 11.2 Å². The van der Waals surface area contributed by atoms with E-state index < -0.39 is 23.6 Å². The fraction of sp³-hybridized carbons (Fsp3) is 0.556. The fourth-order valence-electron chi connectivity index (χ4n) is 1.27. The first-order chi connectivity index (χ1) is 7.25. The van der Waals surface area contributed by atoms with Gasteiger partial charge in [-0.25, -0.2) is 4.79 Å². The van der Waals surface area contributed by atoms with Gasteiger partial charge in [-0.15, -0.1) is 0 Å². The molecule has 0 atom stereocenters. The van der Waals surface area contributed by atoms with Crippen molar-refractivity contribution in [3.8, 4) is 11.8 Å². The molecular weight excluding hydrogens is 227 g/mol. The molecular formula is C9H8F3NO3. The van der Waals surface area contributed by atoms with Gasteiger partial charge in [0.05, 0.1) is 0 Å². The van der Waals surface area contributed by atoms with Crippen LogP contribution in [0.3, 0.4) is 0 Å². The molecule has 0 bridgehead atoms. The third kappa shape index (κ3) is 2.89. The summed E-state index contributed by atoms with van der Waals surface area (Å²) >= 11 is 0. The lowest BCUT2D eigenvalue weighted by atomic mass is 9.77. The SMILES string of the molecule is O=C(O)C#CC1(NC(=O)C(F)(F)F)CCC1. The van der Waals surface area contributed by atoms with Gasteiger partial charge in [0.25, 0.3) is 0 Å². The van der Waals surface area contributed by atoms with Gasteiger partial charge in [0, 0.05) is 5.92 Å². The van der Waals surface area contributed by atoms with Gasteiger partial charge in [0.15, 0.2) is 0 Å². The van der Waals surface area contributed by atoms with Gasteiger partial charge >= 0.3 is 18.1 Å². The first kappa shape index (κ1) is 12.4. The Morgan fingerprint density at radius 1 is 1.31 bits per heavy atom. The van der Waals surface area contributed by atoms with Gasteiger partial charge in [-0.3, -0.25) is 4.79 Å². The van der Waals surface area contributed by atoms with Crippen LogP contribution in [0.15, 0.2) is 0 Å². The lowest BCUT2D eigenvalue weighted by Gasteiger charge is -2.37. The first-order valence-electron chi connectivity index (χ1n) is 4.41. The molecule has 0 spiro atoms. The highest BCUT2D eigenvalue weighted by molar-refractivity contribution is 5.87. The first-order valence-corrected chi connectivity index (χ1v) is 4.41. The summed E-state index contributed by atoms with van der Waals surface area (Å²) in [6.07, 6.45) is -3.91. The van der Waals surface area contributed by atoms with E-state index in [9.17, 15) is 22.8 Å². The second kappa shape index (κ2) is 4.04. The maximum Gasteiger partial charge on any atom is 0.471 e. The zero-order valence-electron chi connectivity index (χ0n) is 8.02. The van der Waals surface area contributed by atoms with E-state index in [4.69, 9.17) is 5.11 Å². The van der Waals surface area contributed by atoms with Crippen LogP contribution in [0.5, 0.6) is 0 Å². The Morgan fingerprint density at radius 3 is 2.19 bits per heavy atom. The number of carbonyl (C=O) groups excluding carboxylic acids is 1. The smallest absolute Gasteiger partial charge is 0.471 e. The third-order valence-electron chi connectivity index (χ3n) is 2.23. The van der Waals surface area contributed by atoms with Crippen molar-refractivity contribution in [1.82, 2.24) is 5.32 Å². The zero-order valence-corrected chi connectivity index (χ0v) is 8.02. The molecule has 7 heteroatoms. The van der Waals surface area contributed by atoms with Crippen molar-refractivity contribution in [3.63, 3.8) is 0 Å². The van der Waals surface area contributed by atoms with Crippen LogP contribution < -0.4 is 5.32 Å². The quantitative estimate of drug-likeness (QED) is 0.656. The molecule has 1 aliphatic rings. The number of carboxylic acid groups (broad SMARTS) is 1. The average molecular weight is 235 g/mol. The summed E-state index contributed by atoms with van der Waals surface area (Å²) in [6, 6.07) is 0. The summed E-state index contributed by atoms with van der Waals surface area (Å²) in [6.45, 7) is 0. The summed E-state index contributed by atoms with van der Waals surface area (Å²) < 4.78 is 35.9. The Kier molecular flexibility index (Phi) is 3.12. The van der Waals surface area contributed by atoms with Crippen LogP contribution in [0.1, 0.15) is 19.3 Å². The molecule has 0 aromatic heterocycles. The number of halogens is 3. The largest absolute Gasteiger partial charge is 0.472 e. The van der Waals surface area contributed by atoms with E-state index in [-0.39, 0.29) is 12.8 Å². The Labute approximate surface area is 88.8 Å². The molecule has 0 heterocycles. The van der Waals surface area contributed by atoms with Crippen LogP contribution in [0.25, 0.3) is 0 Å². The molecule has 1 rings (SSSR count). The molecule has 1 aliphatic carbocycles. The van der Waals surface area contributed by atoms with Crippen LogP contribution in [0.2, 0.25) is 0 Å². The summed E-state index contributed by atoms with van der Waals surface area (Å²) in [5.74, 6) is 0.355. The summed E-state index contributed by atoms with van der Waals surface area (Å²) in [7, 11) is 0. The number of nitrogens with one attached hydrogen (secondary N) is 1. The Morgan fingerprint density at radius 2 is 1.88 bits per heavy atom. The molecule has 0 aromatic carbocycles. The van der Waals surface area contributed by atoms with Crippen molar-refractivity contribution in [2.75, 3.05) is 0 Å². The van der Waals surface area contributed by atoms with Crippen LogP contribution in [0, 0.1) is 11.8 Å². The maximum absolute atomic E-state index is 12.0. The molecule has 1 fully saturated rings. The molecule has 0 radical (unpaired) electrons. The monoisotopic (exact) mass is 235 g/mol. The van der Waals surface area contributed by atoms with Crippen molar-refractivity contribution in [3.05, 3.63) is 0 Å². The van der Waals surface area contributed by atoms with Crippen molar-refractivity contribution in [2.24, 2.45) is 0 Å². The van der Waals surface area contributed by atoms with E-state index >= 15 is 0 Å². The highest BCUT2D eigenvalue weighted by atomic mass is 19.4. The number of aliphatic carboxylic acids is 1. The number of carbonyl (C=O) groups is 2. The normalized spacial score (nSPS) is 17.7. The van der Waals surface area contributed by atoms with Crippen LogP contribution in [0.4, 0.5) is 13.2 Å². The number of amides is 1. The molecule has 88 valence electrons. The van der Waals surface area contributed by atoms with E-state index in [2.05, 4.69) is 5.92 Å². The molecule has 4 nitrogen and oxygen atoms in total. The molecule has 16 heavy (non-hydrogen) atoms. The Hall–Kier alpha value is -1.71. The summed E-state index contributed by atoms with van der Waals surface area (Å²) in [5, 5.41) is 10.0. The fourth-order valence-corrected chi connectivity index (χ4v) is 1.27. The molecule has 1 amide bonds. The van der Waals surface area contributed by atoms with Gasteiger partial charge < -0.3 is 10.4 Å². The zero-order chi connectivity index (χ0) is 12.4. The van der Waals surface area contributed by atoms with Crippen molar-refractivity contribution >= 4 is 11.9 Å². The number of carboxylic acids is 1. The summed E-state index contributed by atoms with van der Waals surface area (Å²) in [5.41, 5.74) is -1.33. The second-order valence-electron chi connectivity index (χ2n) is 3.44. The predicted molar refractivity (Wildman–Crippen MR) is 46.2 cm³/mol. The minimum Gasteiger partial charge on any atom is -0.472 e. The van der Waals surface area contributed by atoms with E-state index in [0.29, 0.717) is 6.42 Å². The lowest BCUT2D eigenvalue weighted by molar-refractivity contribution is -0.175. The second-order valence-corrected chi connectivity index (χ2v) is 3.44. The number of hydrogen-bond donors (Lipinski definition) is 2. The van der Waals surface area contributed by atoms with Gasteiger partial charge in [-0.1, -0.05) is 5.92 Å². The van der Waals surface area contributed by atoms with Gasteiger partial charge in [-0.2, -0.15) is 13.2 Å². The third-order valence-corrected chi connectivity index (χ3v) is 2.23. The molecule has 0 unspecified atom stereocenters. The van der Waals surface area contributed by atoms with E-state index in [1.807, 2.05) is 0 Å². The molecule has 0 aliphatic heterocycles. The molecule has 2 N–H and O–H groups in total. The minimum atomic E-state index is -4.98. The number of alkyl halides is 3. The van der Waals surface area contributed by atoms with Crippen LogP contribution in [-0.4, -0.2) is 28.7 Å². The van der Waals surface area contributed by atoms with Crippen LogP contribution >= 0.6 is 0 Å². The molecule has 0 saturated heterocycles. The van der Waals surface area contributed by atoms with Crippen LogP contribution in [-0.2, 0) is 9.59 Å². The predicted octanol–water partition coefficient (Wildman–Crippen LogP) is 0.676.